The fourth-order valence-corrected chi connectivity index (χ4v) is 7.82. The molecule has 41 heavy (non-hydrogen) atoms. The van der Waals surface area contributed by atoms with E-state index in [0.717, 1.165) is 43.0 Å². The number of amides is 1. The zero-order valence-electron chi connectivity index (χ0n) is 22.0. The molecule has 12 heteroatoms. The number of benzene rings is 2. The van der Waals surface area contributed by atoms with Gasteiger partial charge in [-0.05, 0) is 80.8 Å². The number of hydrogen-bond acceptors (Lipinski definition) is 7. The fourth-order valence-electron chi connectivity index (χ4n) is 7.52. The summed E-state index contributed by atoms with van der Waals surface area (Å²) in [6.45, 7) is 1.91. The van der Waals surface area contributed by atoms with Crippen LogP contribution in [0.25, 0.3) is 0 Å². The Labute approximate surface area is 245 Å². The van der Waals surface area contributed by atoms with Crippen LogP contribution in [0.5, 0.6) is 11.5 Å². The number of nitrogens with one attached hydrogen (secondary N) is 1. The molecule has 0 aromatic heterocycles. The number of carboxylic acids is 2. The number of carbonyl (C=O) groups is 3. The number of phenols is 1. The normalized spacial score (nSPS) is 30.8. The monoisotopic (exact) mass is 604 g/mol. The van der Waals surface area contributed by atoms with E-state index in [2.05, 4.69) is 10.2 Å². The van der Waals surface area contributed by atoms with Crippen LogP contribution in [-0.2, 0) is 21.4 Å². The number of carbonyl (C=O) groups excluding carboxylic acids is 1. The summed E-state index contributed by atoms with van der Waals surface area (Å²) < 4.78 is 6.51. The lowest BCUT2D eigenvalue weighted by molar-refractivity contribution is -0.191. The number of ether oxygens (including phenoxy) is 1. The second-order valence-corrected chi connectivity index (χ2v) is 12.5. The molecule has 2 aliphatic heterocycles. The molecule has 5 unspecified atom stereocenters. The van der Waals surface area contributed by atoms with E-state index in [4.69, 9.17) is 47.7 Å². The minimum Gasteiger partial charge on any atom is -0.504 e. The SMILES string of the molecule is O=C(NC1CCC2(O)C3Cc4ccc(O)c5c4C2(CCN3CC2CC2)C1O5)c1ccc(Cl)c(Cl)c1.O=C(O)C(=O)O. The molecule has 2 heterocycles. The van der Waals surface area contributed by atoms with Gasteiger partial charge in [0.15, 0.2) is 11.5 Å². The molecule has 5 atom stereocenters. The lowest BCUT2D eigenvalue weighted by Gasteiger charge is -2.64. The van der Waals surface area contributed by atoms with Crippen molar-refractivity contribution in [2.45, 2.75) is 67.7 Å². The van der Waals surface area contributed by atoms with Gasteiger partial charge < -0.3 is 30.5 Å². The van der Waals surface area contributed by atoms with Gasteiger partial charge >= 0.3 is 11.9 Å². The van der Waals surface area contributed by atoms with E-state index in [0.29, 0.717) is 34.2 Å². The Hall–Kier alpha value is -3.05. The van der Waals surface area contributed by atoms with Gasteiger partial charge in [0.05, 0.1) is 27.1 Å². The quantitative estimate of drug-likeness (QED) is 0.330. The van der Waals surface area contributed by atoms with Crippen molar-refractivity contribution in [1.29, 1.82) is 0 Å². The zero-order chi connectivity index (χ0) is 29.3. The van der Waals surface area contributed by atoms with Gasteiger partial charge in [0.25, 0.3) is 5.91 Å². The Kier molecular flexibility index (Phi) is 6.88. The number of aromatic hydroxyl groups is 1. The number of piperidine rings is 1. The summed E-state index contributed by atoms with van der Waals surface area (Å²) in [5, 5.41) is 41.9. The molecule has 218 valence electrons. The maximum Gasteiger partial charge on any atom is 0.414 e. The van der Waals surface area contributed by atoms with Crippen LogP contribution in [0, 0.1) is 5.92 Å². The van der Waals surface area contributed by atoms with E-state index >= 15 is 0 Å². The van der Waals surface area contributed by atoms with E-state index in [1.807, 2.05) is 6.07 Å². The predicted molar refractivity (Wildman–Crippen MR) is 148 cm³/mol. The molecule has 5 aliphatic rings. The van der Waals surface area contributed by atoms with Crippen LogP contribution in [0.15, 0.2) is 30.3 Å². The molecule has 1 amide bonds. The summed E-state index contributed by atoms with van der Waals surface area (Å²) in [5.74, 6) is -2.58. The number of aliphatic carboxylic acids is 2. The molecular formula is C29H30Cl2N2O8. The summed E-state index contributed by atoms with van der Waals surface area (Å²) in [6, 6.07) is 8.23. The van der Waals surface area contributed by atoms with Gasteiger partial charge in [-0.2, -0.15) is 0 Å². The van der Waals surface area contributed by atoms with Crippen LogP contribution in [0.1, 0.15) is 53.6 Å². The molecule has 10 nitrogen and oxygen atoms in total. The van der Waals surface area contributed by atoms with Crippen LogP contribution in [0.3, 0.4) is 0 Å². The maximum atomic E-state index is 13.2. The summed E-state index contributed by atoms with van der Waals surface area (Å²) in [4.78, 5) is 33.9. The minimum absolute atomic E-state index is 0.0117. The Morgan fingerprint density at radius 2 is 1.76 bits per heavy atom. The van der Waals surface area contributed by atoms with E-state index in [1.165, 1.54) is 12.8 Å². The third-order valence-electron chi connectivity index (χ3n) is 9.44. The Morgan fingerprint density at radius 1 is 1.02 bits per heavy atom. The maximum absolute atomic E-state index is 13.2. The molecule has 2 bridgehead atoms. The summed E-state index contributed by atoms with van der Waals surface area (Å²) in [6.07, 6.45) is 4.74. The van der Waals surface area contributed by atoms with Gasteiger partial charge in [-0.15, -0.1) is 0 Å². The standard InChI is InChI=1S/C27H28Cl2N2O4.C2H2O4/c28-17-5-3-16(11-18(17)29)25(33)30-19-7-8-27(34)21-12-15-4-6-20(32)23-22(15)26(27,24(19)35-23)9-10-31(21)13-14-1-2-14;3-1(4)2(5)6/h3-6,11,14,19,21,24,32,34H,1-2,7-10,12-13H2,(H,30,33);(H,3,4)(H,5,6). The molecule has 2 saturated carbocycles. The Bertz CT molecular complexity index is 1440. The van der Waals surface area contributed by atoms with Crippen molar-refractivity contribution in [2.24, 2.45) is 5.92 Å². The number of hydrogen-bond donors (Lipinski definition) is 5. The van der Waals surface area contributed by atoms with Crippen molar-refractivity contribution in [3.8, 4) is 11.5 Å². The van der Waals surface area contributed by atoms with E-state index in [9.17, 15) is 15.0 Å². The van der Waals surface area contributed by atoms with Crippen molar-refractivity contribution in [3.63, 3.8) is 0 Å². The lowest BCUT2D eigenvalue weighted by atomic mass is 9.48. The molecular weight excluding hydrogens is 575 g/mol. The largest absolute Gasteiger partial charge is 0.504 e. The second kappa shape index (κ2) is 10.0. The van der Waals surface area contributed by atoms with Gasteiger partial charge in [0.1, 0.15) is 6.10 Å². The molecule has 2 aromatic rings. The van der Waals surface area contributed by atoms with Crippen molar-refractivity contribution < 1.29 is 39.5 Å². The number of phenolic OH excluding ortho intramolecular Hbond substituents is 1. The first-order valence-corrected chi connectivity index (χ1v) is 14.4. The van der Waals surface area contributed by atoms with Crippen LogP contribution < -0.4 is 10.1 Å². The molecule has 0 radical (unpaired) electrons. The highest BCUT2D eigenvalue weighted by Crippen LogP contribution is 2.65. The summed E-state index contributed by atoms with van der Waals surface area (Å²) in [5.41, 5.74) is 0.903. The number of nitrogens with zero attached hydrogens (tertiary/aromatic N) is 1. The smallest absolute Gasteiger partial charge is 0.414 e. The minimum atomic E-state index is -1.82. The van der Waals surface area contributed by atoms with Crippen LogP contribution in [-0.4, -0.2) is 80.1 Å². The second-order valence-electron chi connectivity index (χ2n) is 11.6. The number of halogens is 2. The lowest BCUT2D eigenvalue weighted by Crippen LogP contribution is -2.78. The average Bonchev–Trinajstić information content (AvgIpc) is 3.67. The van der Waals surface area contributed by atoms with Crippen LogP contribution in [0.2, 0.25) is 10.0 Å². The molecule has 7 rings (SSSR count). The highest BCUT2D eigenvalue weighted by Gasteiger charge is 2.73. The Morgan fingerprint density at radius 3 is 2.41 bits per heavy atom. The van der Waals surface area contributed by atoms with Crippen LogP contribution >= 0.6 is 23.2 Å². The van der Waals surface area contributed by atoms with Crippen molar-refractivity contribution in [1.82, 2.24) is 10.2 Å². The number of likely N-dealkylation sites (tertiary alicyclic amines) is 1. The molecule has 2 aromatic carbocycles. The highest BCUT2D eigenvalue weighted by molar-refractivity contribution is 6.42. The first-order chi connectivity index (χ1) is 19.5. The third-order valence-corrected chi connectivity index (χ3v) is 10.2. The van der Waals surface area contributed by atoms with Gasteiger partial charge in [-0.1, -0.05) is 29.3 Å². The zero-order valence-corrected chi connectivity index (χ0v) is 23.5. The first kappa shape index (κ1) is 28.1. The van der Waals surface area contributed by atoms with Gasteiger partial charge in [-0.3, -0.25) is 9.69 Å². The van der Waals surface area contributed by atoms with E-state index in [-0.39, 0.29) is 23.7 Å². The van der Waals surface area contributed by atoms with E-state index < -0.39 is 29.1 Å². The first-order valence-electron chi connectivity index (χ1n) is 13.7. The average molecular weight is 605 g/mol. The number of rotatable bonds is 4. The predicted octanol–water partition coefficient (Wildman–Crippen LogP) is 3.22. The topological polar surface area (TPSA) is 157 Å². The molecule has 3 fully saturated rings. The van der Waals surface area contributed by atoms with Crippen molar-refractivity contribution in [3.05, 3.63) is 57.1 Å². The van der Waals surface area contributed by atoms with Gasteiger partial charge in [-0.25, -0.2) is 9.59 Å². The fraction of sp³-hybridized carbons (Fsp3) is 0.483. The molecule has 5 N–H and O–H groups in total. The molecule has 3 aliphatic carbocycles. The van der Waals surface area contributed by atoms with Crippen molar-refractivity contribution in [2.75, 3.05) is 13.1 Å². The summed E-state index contributed by atoms with van der Waals surface area (Å²) in [7, 11) is 0. The number of carboxylic acid groups (broad SMARTS) is 2. The van der Waals surface area contributed by atoms with E-state index in [1.54, 1.807) is 24.3 Å². The van der Waals surface area contributed by atoms with Gasteiger partial charge in [0, 0.05) is 23.7 Å². The van der Waals surface area contributed by atoms with Crippen molar-refractivity contribution >= 4 is 41.0 Å². The number of aliphatic hydroxyl groups is 1. The molecule has 1 spiro atoms. The highest BCUT2D eigenvalue weighted by atomic mass is 35.5. The summed E-state index contributed by atoms with van der Waals surface area (Å²) >= 11 is 12.2. The Balaban J connectivity index is 0.000000458. The van der Waals surface area contributed by atoms with Gasteiger partial charge in [0.2, 0.25) is 0 Å². The van der Waals surface area contributed by atoms with Crippen LogP contribution in [0.4, 0.5) is 0 Å². The third kappa shape index (κ3) is 4.43. The molecule has 1 saturated heterocycles.